The third-order valence-corrected chi connectivity index (χ3v) is 5.54. The van der Waals surface area contributed by atoms with E-state index in [1.807, 2.05) is 0 Å². The molecule has 106 valence electrons. The molecule has 0 saturated heterocycles. The molecule has 1 N–H and O–H groups in total. The number of aryl methyl sites for hydroxylation is 2. The molecule has 0 amide bonds. The maximum atomic E-state index is 3.48. The number of nitrogens with one attached hydrogen (secondary N) is 1. The lowest BCUT2D eigenvalue weighted by Crippen LogP contribution is -2.20. The number of thioether (sulfide) groups is 1. The molecule has 0 spiro atoms. The number of rotatable bonds is 6. The number of benzene rings is 1. The van der Waals surface area contributed by atoms with E-state index in [1.165, 1.54) is 53.9 Å². The molecule has 1 nitrogen and oxygen atoms in total. The average molecular weight is 277 g/mol. The van der Waals surface area contributed by atoms with Crippen molar-refractivity contribution in [2.45, 2.75) is 45.6 Å². The lowest BCUT2D eigenvalue weighted by Gasteiger charge is -2.20. The van der Waals surface area contributed by atoms with Gasteiger partial charge in [-0.05, 0) is 56.5 Å². The first-order chi connectivity index (χ1) is 9.20. The Morgan fingerprint density at radius 2 is 2.00 bits per heavy atom. The summed E-state index contributed by atoms with van der Waals surface area (Å²) in [6.07, 6.45) is 5.83. The largest absolute Gasteiger partial charge is 0.312 e. The van der Waals surface area contributed by atoms with Crippen LogP contribution < -0.4 is 5.32 Å². The van der Waals surface area contributed by atoms with Gasteiger partial charge < -0.3 is 5.32 Å². The van der Waals surface area contributed by atoms with Crippen LogP contribution in [0.1, 0.15) is 48.4 Å². The lowest BCUT2D eigenvalue weighted by molar-refractivity contribution is 0.618. The summed E-state index contributed by atoms with van der Waals surface area (Å²) in [6.45, 7) is 4.40. The fourth-order valence-electron chi connectivity index (χ4n) is 3.07. The number of hydrogen-bond donors (Lipinski definition) is 1. The van der Waals surface area contributed by atoms with Gasteiger partial charge in [0.25, 0.3) is 0 Å². The Labute approximate surface area is 122 Å². The van der Waals surface area contributed by atoms with Crippen LogP contribution in [-0.2, 0) is 0 Å². The molecular weight excluding hydrogens is 250 g/mol. The Bertz CT molecular complexity index is 396. The van der Waals surface area contributed by atoms with Gasteiger partial charge in [-0.3, -0.25) is 0 Å². The Hall–Kier alpha value is -0.470. The van der Waals surface area contributed by atoms with E-state index in [-0.39, 0.29) is 0 Å². The average Bonchev–Trinajstić information content (AvgIpc) is 2.89. The van der Waals surface area contributed by atoms with Crippen molar-refractivity contribution in [3.05, 3.63) is 34.9 Å². The molecule has 1 atom stereocenters. The van der Waals surface area contributed by atoms with Gasteiger partial charge in [0.2, 0.25) is 0 Å². The molecular formula is C17H27NS. The van der Waals surface area contributed by atoms with Crippen LogP contribution in [0, 0.1) is 19.8 Å². The predicted molar refractivity (Wildman–Crippen MR) is 87.0 cm³/mol. The molecule has 2 rings (SSSR count). The highest BCUT2D eigenvalue weighted by molar-refractivity contribution is 7.99. The van der Waals surface area contributed by atoms with Gasteiger partial charge >= 0.3 is 0 Å². The summed E-state index contributed by atoms with van der Waals surface area (Å²) in [7, 11) is 2.08. The van der Waals surface area contributed by atoms with Gasteiger partial charge in [0.15, 0.2) is 0 Å². The molecule has 2 heteroatoms. The van der Waals surface area contributed by atoms with Crippen molar-refractivity contribution in [2.75, 3.05) is 18.6 Å². The molecule has 0 heterocycles. The van der Waals surface area contributed by atoms with E-state index in [4.69, 9.17) is 0 Å². The summed E-state index contributed by atoms with van der Waals surface area (Å²) >= 11 is 2.13. The minimum absolute atomic E-state index is 0.493. The van der Waals surface area contributed by atoms with Gasteiger partial charge in [0.05, 0.1) is 0 Å². The molecule has 1 saturated carbocycles. The van der Waals surface area contributed by atoms with Crippen LogP contribution in [0.2, 0.25) is 0 Å². The van der Waals surface area contributed by atoms with E-state index in [9.17, 15) is 0 Å². The van der Waals surface area contributed by atoms with Gasteiger partial charge in [-0.15, -0.1) is 0 Å². The summed E-state index contributed by atoms with van der Waals surface area (Å²) in [5.74, 6) is 3.53. The molecule has 0 aromatic heterocycles. The first-order valence-corrected chi connectivity index (χ1v) is 8.68. The predicted octanol–water partition coefficient (Wildman–Crippen LogP) is 4.49. The first-order valence-electron chi connectivity index (χ1n) is 7.53. The van der Waals surface area contributed by atoms with Crippen LogP contribution in [0.25, 0.3) is 0 Å². The molecule has 0 radical (unpaired) electrons. The van der Waals surface area contributed by atoms with Gasteiger partial charge in [0.1, 0.15) is 0 Å². The second-order valence-corrected chi connectivity index (χ2v) is 6.96. The Morgan fingerprint density at radius 3 is 2.63 bits per heavy atom. The Kier molecular flexibility index (Phi) is 5.77. The van der Waals surface area contributed by atoms with Crippen molar-refractivity contribution in [3.63, 3.8) is 0 Å². The van der Waals surface area contributed by atoms with Gasteiger partial charge in [-0.2, -0.15) is 11.8 Å². The minimum Gasteiger partial charge on any atom is -0.312 e. The zero-order valence-corrected chi connectivity index (χ0v) is 13.4. The van der Waals surface area contributed by atoms with Crippen LogP contribution in [0.3, 0.4) is 0 Å². The van der Waals surface area contributed by atoms with E-state index >= 15 is 0 Å². The summed E-state index contributed by atoms with van der Waals surface area (Å²) in [5.41, 5.74) is 4.24. The maximum Gasteiger partial charge on any atom is 0.0412 e. The monoisotopic (exact) mass is 277 g/mol. The summed E-state index contributed by atoms with van der Waals surface area (Å²) in [4.78, 5) is 0. The molecule has 1 unspecified atom stereocenters. The van der Waals surface area contributed by atoms with Crippen molar-refractivity contribution < 1.29 is 0 Å². The minimum atomic E-state index is 0.493. The third-order valence-electron chi connectivity index (χ3n) is 4.26. The fraction of sp³-hybridized carbons (Fsp3) is 0.647. The second kappa shape index (κ2) is 7.35. The van der Waals surface area contributed by atoms with E-state index in [0.29, 0.717) is 6.04 Å². The molecule has 1 aromatic rings. The van der Waals surface area contributed by atoms with Crippen molar-refractivity contribution in [1.29, 1.82) is 0 Å². The van der Waals surface area contributed by atoms with Crippen LogP contribution in [0.5, 0.6) is 0 Å². The molecule has 1 aliphatic carbocycles. The number of hydrogen-bond acceptors (Lipinski definition) is 2. The second-order valence-electron chi connectivity index (χ2n) is 5.89. The molecule has 19 heavy (non-hydrogen) atoms. The highest BCUT2D eigenvalue weighted by Gasteiger charge is 2.17. The molecule has 0 aliphatic heterocycles. The summed E-state index contributed by atoms with van der Waals surface area (Å²) in [5, 5.41) is 3.48. The smallest absolute Gasteiger partial charge is 0.0412 e. The zero-order chi connectivity index (χ0) is 13.7. The van der Waals surface area contributed by atoms with E-state index in [2.05, 4.69) is 56.2 Å². The molecule has 1 fully saturated rings. The van der Waals surface area contributed by atoms with Crippen molar-refractivity contribution in [2.24, 2.45) is 5.92 Å². The van der Waals surface area contributed by atoms with Gasteiger partial charge in [0, 0.05) is 11.8 Å². The maximum absolute atomic E-state index is 3.48. The van der Waals surface area contributed by atoms with E-state index in [0.717, 1.165) is 5.92 Å². The van der Waals surface area contributed by atoms with E-state index in [1.54, 1.807) is 0 Å². The summed E-state index contributed by atoms with van der Waals surface area (Å²) in [6, 6.07) is 7.31. The standard InChI is InChI=1S/C17H27NS/c1-13-8-9-16(14(2)10-13)17(18-3)12-19-11-15-6-4-5-7-15/h8-10,15,17-18H,4-7,11-12H2,1-3H3. The topological polar surface area (TPSA) is 12.0 Å². The molecule has 1 aliphatic rings. The molecule has 1 aromatic carbocycles. The first kappa shape index (κ1) is 14.9. The molecule has 0 bridgehead atoms. The Morgan fingerprint density at radius 1 is 1.26 bits per heavy atom. The van der Waals surface area contributed by atoms with Crippen molar-refractivity contribution in [1.82, 2.24) is 5.32 Å². The van der Waals surface area contributed by atoms with Crippen LogP contribution in [-0.4, -0.2) is 18.6 Å². The van der Waals surface area contributed by atoms with Crippen molar-refractivity contribution in [3.8, 4) is 0 Å². The fourth-order valence-corrected chi connectivity index (χ4v) is 4.46. The summed E-state index contributed by atoms with van der Waals surface area (Å²) < 4.78 is 0. The lowest BCUT2D eigenvalue weighted by atomic mass is 10.0. The van der Waals surface area contributed by atoms with E-state index < -0.39 is 0 Å². The van der Waals surface area contributed by atoms with Crippen molar-refractivity contribution >= 4 is 11.8 Å². The highest BCUT2D eigenvalue weighted by Crippen LogP contribution is 2.30. The SMILES string of the molecule is CNC(CSCC1CCCC1)c1ccc(C)cc1C. The van der Waals surface area contributed by atoms with Crippen LogP contribution in [0.15, 0.2) is 18.2 Å². The van der Waals surface area contributed by atoms with Crippen LogP contribution in [0.4, 0.5) is 0 Å². The zero-order valence-electron chi connectivity index (χ0n) is 12.5. The quantitative estimate of drug-likeness (QED) is 0.822. The van der Waals surface area contributed by atoms with Gasteiger partial charge in [-0.1, -0.05) is 36.6 Å². The third kappa shape index (κ3) is 4.25. The normalized spacial score (nSPS) is 17.8. The highest BCUT2D eigenvalue weighted by atomic mass is 32.2. The Balaban J connectivity index is 1.88. The van der Waals surface area contributed by atoms with Crippen LogP contribution >= 0.6 is 11.8 Å². The van der Waals surface area contributed by atoms with Gasteiger partial charge in [-0.25, -0.2) is 0 Å².